The fourth-order valence-electron chi connectivity index (χ4n) is 5.39. The number of carboxylic acids is 2. The average Bonchev–Trinajstić information content (AvgIpc) is 3.25. The second-order valence-electron chi connectivity index (χ2n) is 9.19. The van der Waals surface area contributed by atoms with Crippen LogP contribution in [0.3, 0.4) is 0 Å². The van der Waals surface area contributed by atoms with Crippen LogP contribution in [0.1, 0.15) is 58.4 Å². The molecule has 0 heterocycles. The molecule has 0 amide bonds. The van der Waals surface area contributed by atoms with Gasteiger partial charge in [0, 0.05) is 0 Å². The van der Waals surface area contributed by atoms with Crippen LogP contribution in [0.4, 0.5) is 0 Å². The average molecular weight is 344 g/mol. The highest BCUT2D eigenvalue weighted by atomic mass is 16.4. The van der Waals surface area contributed by atoms with E-state index in [0.717, 1.165) is 24.8 Å². The van der Waals surface area contributed by atoms with Crippen molar-refractivity contribution in [3.8, 4) is 0 Å². The highest BCUT2D eigenvalue weighted by molar-refractivity contribution is 5.88. The number of carboxylic acid groups (broad SMARTS) is 2. The Bertz CT molecular complexity index is 684. The van der Waals surface area contributed by atoms with Gasteiger partial charge in [-0.05, 0) is 54.9 Å². The summed E-state index contributed by atoms with van der Waals surface area (Å²) < 4.78 is 0. The van der Waals surface area contributed by atoms with Gasteiger partial charge in [-0.25, -0.2) is 0 Å². The van der Waals surface area contributed by atoms with Gasteiger partial charge in [-0.1, -0.05) is 51.1 Å². The Morgan fingerprint density at radius 3 is 1.96 bits per heavy atom. The Labute approximate surface area is 149 Å². The van der Waals surface area contributed by atoms with Crippen molar-refractivity contribution in [2.75, 3.05) is 0 Å². The zero-order valence-electron chi connectivity index (χ0n) is 15.3. The van der Waals surface area contributed by atoms with Crippen molar-refractivity contribution in [2.45, 2.75) is 59.3 Å². The largest absolute Gasteiger partial charge is 0.481 e. The molecule has 2 fully saturated rings. The lowest BCUT2D eigenvalue weighted by atomic mass is 9.43. The third-order valence-corrected chi connectivity index (χ3v) is 6.88. The third-order valence-electron chi connectivity index (χ3n) is 6.88. The topological polar surface area (TPSA) is 74.6 Å². The normalized spacial score (nSPS) is 30.8. The van der Waals surface area contributed by atoms with E-state index in [2.05, 4.69) is 0 Å². The zero-order chi connectivity index (χ0) is 18.5. The van der Waals surface area contributed by atoms with Crippen LogP contribution in [-0.4, -0.2) is 22.2 Å². The minimum absolute atomic E-state index is 0.0391. The first-order chi connectivity index (χ1) is 11.6. The summed E-state index contributed by atoms with van der Waals surface area (Å²) in [6.07, 6.45) is 4.04. The number of rotatable bonds is 4. The number of hydrogen-bond acceptors (Lipinski definition) is 2. The molecule has 0 bridgehead atoms. The molecule has 1 aromatic carbocycles. The Kier molecular flexibility index (Phi) is 4.01. The Balaban J connectivity index is 2.20. The van der Waals surface area contributed by atoms with E-state index in [1.165, 1.54) is 0 Å². The molecule has 4 heteroatoms. The summed E-state index contributed by atoms with van der Waals surface area (Å²) in [6.45, 7) is 5.65. The van der Waals surface area contributed by atoms with Crippen molar-refractivity contribution >= 4 is 11.9 Å². The molecule has 1 spiro atoms. The van der Waals surface area contributed by atoms with Gasteiger partial charge >= 0.3 is 11.9 Å². The first-order valence-electron chi connectivity index (χ1n) is 9.09. The SMILES string of the molecule is CC(C)(C)[C@@]1(C(=O)O)CCC2(CC2)C[C@@]1(Cc1ccccc1)C(=O)O. The maximum Gasteiger partial charge on any atom is 0.311 e. The first kappa shape index (κ1) is 18.0. The molecule has 0 saturated heterocycles. The molecule has 25 heavy (non-hydrogen) atoms. The Hall–Kier alpha value is -1.84. The summed E-state index contributed by atoms with van der Waals surface area (Å²) in [6, 6.07) is 9.50. The van der Waals surface area contributed by atoms with E-state index < -0.39 is 28.2 Å². The molecule has 4 nitrogen and oxygen atoms in total. The second-order valence-corrected chi connectivity index (χ2v) is 9.19. The Morgan fingerprint density at radius 1 is 0.960 bits per heavy atom. The van der Waals surface area contributed by atoms with Crippen molar-refractivity contribution in [1.29, 1.82) is 0 Å². The molecule has 2 N–H and O–H groups in total. The van der Waals surface area contributed by atoms with Gasteiger partial charge in [0.1, 0.15) is 0 Å². The van der Waals surface area contributed by atoms with Gasteiger partial charge in [0.2, 0.25) is 0 Å². The highest BCUT2D eigenvalue weighted by Crippen LogP contribution is 2.70. The van der Waals surface area contributed by atoms with Crippen molar-refractivity contribution in [2.24, 2.45) is 21.7 Å². The standard InChI is InChI=1S/C21H28O4/c1-18(2,3)21(17(24)25)12-11-19(9-10-19)14-20(21,16(22)23)13-15-7-5-4-6-8-15/h4-8H,9-14H2,1-3H3,(H,22,23)(H,24,25)/t20-,21-/m0/s1. The lowest BCUT2D eigenvalue weighted by molar-refractivity contribution is -0.199. The van der Waals surface area contributed by atoms with Crippen LogP contribution in [0, 0.1) is 21.7 Å². The molecule has 2 saturated carbocycles. The second kappa shape index (κ2) is 5.58. The number of aliphatic carboxylic acids is 2. The molecule has 3 rings (SSSR count). The molecule has 0 radical (unpaired) electrons. The van der Waals surface area contributed by atoms with Crippen molar-refractivity contribution in [3.05, 3.63) is 35.9 Å². The lowest BCUT2D eigenvalue weighted by Crippen LogP contribution is -2.63. The van der Waals surface area contributed by atoms with Gasteiger partial charge < -0.3 is 10.2 Å². The van der Waals surface area contributed by atoms with Crippen LogP contribution in [0.2, 0.25) is 0 Å². The van der Waals surface area contributed by atoms with E-state index in [4.69, 9.17) is 0 Å². The van der Waals surface area contributed by atoms with Crippen molar-refractivity contribution < 1.29 is 19.8 Å². The van der Waals surface area contributed by atoms with E-state index >= 15 is 0 Å². The van der Waals surface area contributed by atoms with Crippen molar-refractivity contribution in [1.82, 2.24) is 0 Å². The summed E-state index contributed by atoms with van der Waals surface area (Å²) in [5, 5.41) is 20.7. The number of benzene rings is 1. The van der Waals surface area contributed by atoms with E-state index in [-0.39, 0.29) is 11.8 Å². The third kappa shape index (κ3) is 2.57. The molecule has 2 aliphatic rings. The fourth-order valence-corrected chi connectivity index (χ4v) is 5.39. The van der Waals surface area contributed by atoms with Crippen LogP contribution in [0.15, 0.2) is 30.3 Å². The minimum atomic E-state index is -1.28. The van der Waals surface area contributed by atoms with E-state index in [9.17, 15) is 19.8 Å². The predicted molar refractivity (Wildman–Crippen MR) is 95.3 cm³/mol. The number of carbonyl (C=O) groups is 2. The van der Waals surface area contributed by atoms with Gasteiger partial charge in [0.25, 0.3) is 0 Å². The van der Waals surface area contributed by atoms with Gasteiger partial charge in [-0.2, -0.15) is 0 Å². The minimum Gasteiger partial charge on any atom is -0.481 e. The van der Waals surface area contributed by atoms with Crippen LogP contribution < -0.4 is 0 Å². The quantitative estimate of drug-likeness (QED) is 0.850. The van der Waals surface area contributed by atoms with Crippen LogP contribution in [-0.2, 0) is 16.0 Å². The van der Waals surface area contributed by atoms with Gasteiger partial charge in [-0.15, -0.1) is 0 Å². The molecule has 0 aromatic heterocycles. The molecule has 2 aliphatic carbocycles. The summed E-state index contributed by atoms with van der Waals surface area (Å²) in [7, 11) is 0. The maximum atomic E-state index is 12.7. The summed E-state index contributed by atoms with van der Waals surface area (Å²) in [5.41, 5.74) is -2.28. The highest BCUT2D eigenvalue weighted by Gasteiger charge is 2.71. The van der Waals surface area contributed by atoms with Crippen LogP contribution >= 0.6 is 0 Å². The molecule has 0 aliphatic heterocycles. The Morgan fingerprint density at radius 2 is 1.52 bits per heavy atom. The smallest absolute Gasteiger partial charge is 0.311 e. The molecular weight excluding hydrogens is 316 g/mol. The van der Waals surface area contributed by atoms with Crippen LogP contribution in [0.5, 0.6) is 0 Å². The monoisotopic (exact) mass is 344 g/mol. The zero-order valence-corrected chi connectivity index (χ0v) is 15.3. The van der Waals surface area contributed by atoms with Crippen LogP contribution in [0.25, 0.3) is 0 Å². The van der Waals surface area contributed by atoms with E-state index in [0.29, 0.717) is 12.8 Å². The van der Waals surface area contributed by atoms with Gasteiger partial charge in [0.15, 0.2) is 0 Å². The van der Waals surface area contributed by atoms with Crippen molar-refractivity contribution in [3.63, 3.8) is 0 Å². The maximum absolute atomic E-state index is 12.7. The molecule has 136 valence electrons. The number of hydrogen-bond donors (Lipinski definition) is 2. The lowest BCUT2D eigenvalue weighted by Gasteiger charge is -2.57. The summed E-state index contributed by atoms with van der Waals surface area (Å²) in [5.74, 6) is -1.92. The van der Waals surface area contributed by atoms with E-state index in [1.54, 1.807) is 0 Å². The van der Waals surface area contributed by atoms with Gasteiger partial charge in [-0.3, -0.25) is 9.59 Å². The fraction of sp³-hybridized carbons (Fsp3) is 0.619. The molecule has 2 atom stereocenters. The molecule has 0 unspecified atom stereocenters. The first-order valence-corrected chi connectivity index (χ1v) is 9.09. The summed E-state index contributed by atoms with van der Waals surface area (Å²) >= 11 is 0. The summed E-state index contributed by atoms with van der Waals surface area (Å²) in [4.78, 5) is 25.3. The molecular formula is C21H28O4. The van der Waals surface area contributed by atoms with Gasteiger partial charge in [0.05, 0.1) is 10.8 Å². The predicted octanol–water partition coefficient (Wildman–Crippen LogP) is 4.38. The van der Waals surface area contributed by atoms with E-state index in [1.807, 2.05) is 51.1 Å². The molecule has 1 aromatic rings.